The Bertz CT molecular complexity index is 1190. The molecular formula is C25H21BrN4O. The maximum Gasteiger partial charge on any atom is 0.247 e. The largest absolute Gasteiger partial charge is 0.496 e. The molecule has 5 nitrogen and oxygen atoms in total. The SMILES string of the molecule is COc1ccccc1/C=N/N(C)c1nc(-c2ccccc2)cc(-c2ccc(Br)cc2)n1. The van der Waals surface area contributed by atoms with Gasteiger partial charge in [-0.2, -0.15) is 5.10 Å². The summed E-state index contributed by atoms with van der Waals surface area (Å²) in [6, 6.07) is 27.9. The Balaban J connectivity index is 1.74. The average molecular weight is 473 g/mol. The number of hydrazone groups is 1. The van der Waals surface area contributed by atoms with E-state index in [2.05, 4.69) is 21.0 Å². The van der Waals surface area contributed by atoms with Gasteiger partial charge >= 0.3 is 0 Å². The van der Waals surface area contributed by atoms with Gasteiger partial charge in [0.25, 0.3) is 0 Å². The first-order valence-corrected chi connectivity index (χ1v) is 10.5. The first-order chi connectivity index (χ1) is 15.1. The molecule has 1 heterocycles. The van der Waals surface area contributed by atoms with Crippen LogP contribution >= 0.6 is 15.9 Å². The molecule has 0 bridgehead atoms. The van der Waals surface area contributed by atoms with Gasteiger partial charge in [-0.25, -0.2) is 15.0 Å². The molecule has 0 aliphatic rings. The second-order valence-electron chi connectivity index (χ2n) is 6.82. The minimum Gasteiger partial charge on any atom is -0.496 e. The van der Waals surface area contributed by atoms with Crippen LogP contribution in [-0.2, 0) is 0 Å². The molecule has 4 aromatic rings. The average Bonchev–Trinajstić information content (AvgIpc) is 2.83. The molecule has 4 rings (SSSR count). The standard InChI is InChI=1S/C25H21BrN4O/c1-30(27-17-20-10-6-7-11-24(20)31-2)25-28-22(18-8-4-3-5-9-18)16-23(29-25)19-12-14-21(26)15-13-19/h3-17H,1-2H3/b27-17+. The number of para-hydroxylation sites is 1. The second kappa shape index (κ2) is 9.53. The summed E-state index contributed by atoms with van der Waals surface area (Å²) in [5, 5.41) is 6.22. The molecule has 0 aliphatic heterocycles. The van der Waals surface area contributed by atoms with E-state index in [0.29, 0.717) is 5.95 Å². The summed E-state index contributed by atoms with van der Waals surface area (Å²) in [5.41, 5.74) is 4.57. The lowest BCUT2D eigenvalue weighted by atomic mass is 10.1. The zero-order chi connectivity index (χ0) is 21.6. The number of aromatic nitrogens is 2. The highest BCUT2D eigenvalue weighted by molar-refractivity contribution is 9.10. The number of nitrogens with zero attached hydrogens (tertiary/aromatic N) is 4. The fourth-order valence-corrected chi connectivity index (χ4v) is 3.34. The van der Waals surface area contributed by atoms with Gasteiger partial charge in [0.2, 0.25) is 5.95 Å². The molecule has 0 amide bonds. The van der Waals surface area contributed by atoms with Crippen LogP contribution in [0.3, 0.4) is 0 Å². The third-order valence-electron chi connectivity index (χ3n) is 4.72. The molecule has 0 saturated heterocycles. The predicted octanol–water partition coefficient (Wildman–Crippen LogP) is 6.05. The number of anilines is 1. The van der Waals surface area contributed by atoms with Crippen LogP contribution in [0.15, 0.2) is 94.5 Å². The zero-order valence-electron chi connectivity index (χ0n) is 17.2. The van der Waals surface area contributed by atoms with E-state index in [9.17, 15) is 0 Å². The van der Waals surface area contributed by atoms with Crippen LogP contribution < -0.4 is 9.75 Å². The quantitative estimate of drug-likeness (QED) is 0.253. The van der Waals surface area contributed by atoms with E-state index >= 15 is 0 Å². The van der Waals surface area contributed by atoms with E-state index in [-0.39, 0.29) is 0 Å². The first kappa shape index (κ1) is 20.8. The van der Waals surface area contributed by atoms with Gasteiger partial charge < -0.3 is 4.74 Å². The highest BCUT2D eigenvalue weighted by atomic mass is 79.9. The number of hydrogen-bond donors (Lipinski definition) is 0. The molecule has 0 N–H and O–H groups in total. The predicted molar refractivity (Wildman–Crippen MR) is 130 cm³/mol. The summed E-state index contributed by atoms with van der Waals surface area (Å²) in [5.74, 6) is 1.26. The maximum absolute atomic E-state index is 5.40. The van der Waals surface area contributed by atoms with Crippen molar-refractivity contribution in [3.05, 3.63) is 95.0 Å². The van der Waals surface area contributed by atoms with Gasteiger partial charge in [-0.1, -0.05) is 70.5 Å². The van der Waals surface area contributed by atoms with Gasteiger partial charge in [0.15, 0.2) is 0 Å². The van der Waals surface area contributed by atoms with Crippen molar-refractivity contribution < 1.29 is 4.74 Å². The lowest BCUT2D eigenvalue weighted by Gasteiger charge is -2.14. The van der Waals surface area contributed by atoms with Crippen LogP contribution in [0.5, 0.6) is 5.75 Å². The van der Waals surface area contributed by atoms with Gasteiger partial charge in [-0.3, -0.25) is 0 Å². The normalized spacial score (nSPS) is 10.9. The molecule has 0 spiro atoms. The van der Waals surface area contributed by atoms with Crippen molar-refractivity contribution >= 4 is 28.1 Å². The topological polar surface area (TPSA) is 50.6 Å². The Morgan fingerprint density at radius 3 is 2.13 bits per heavy atom. The molecule has 3 aromatic carbocycles. The van der Waals surface area contributed by atoms with Crippen molar-refractivity contribution in [2.75, 3.05) is 19.2 Å². The van der Waals surface area contributed by atoms with Crippen molar-refractivity contribution in [3.8, 4) is 28.3 Å². The third kappa shape index (κ3) is 4.98. The number of methoxy groups -OCH3 is 1. The Hall–Kier alpha value is -3.51. The van der Waals surface area contributed by atoms with Crippen molar-refractivity contribution in [1.29, 1.82) is 0 Å². The van der Waals surface area contributed by atoms with E-state index in [4.69, 9.17) is 14.7 Å². The molecule has 1 aromatic heterocycles. The van der Waals surface area contributed by atoms with Crippen LogP contribution in [0, 0.1) is 0 Å². The van der Waals surface area contributed by atoms with Crippen molar-refractivity contribution in [2.24, 2.45) is 5.10 Å². The highest BCUT2D eigenvalue weighted by Crippen LogP contribution is 2.27. The van der Waals surface area contributed by atoms with E-state index in [1.54, 1.807) is 18.3 Å². The Kier molecular flexibility index (Phi) is 6.38. The van der Waals surface area contributed by atoms with Crippen molar-refractivity contribution in [3.63, 3.8) is 0 Å². The number of halogens is 1. The lowest BCUT2D eigenvalue weighted by Crippen LogP contribution is -2.13. The molecule has 154 valence electrons. The fourth-order valence-electron chi connectivity index (χ4n) is 3.08. The summed E-state index contributed by atoms with van der Waals surface area (Å²) >= 11 is 3.49. The molecule has 6 heteroatoms. The van der Waals surface area contributed by atoms with Gasteiger partial charge in [-0.05, 0) is 30.3 Å². The van der Waals surface area contributed by atoms with E-state index in [1.165, 1.54) is 0 Å². The van der Waals surface area contributed by atoms with E-state index in [0.717, 1.165) is 38.3 Å². The Labute approximate surface area is 190 Å². The molecular weight excluding hydrogens is 452 g/mol. The van der Waals surface area contributed by atoms with Crippen LogP contribution in [-0.4, -0.2) is 30.3 Å². The van der Waals surface area contributed by atoms with E-state index in [1.807, 2.05) is 92.0 Å². The monoisotopic (exact) mass is 472 g/mol. The Morgan fingerprint density at radius 1 is 0.839 bits per heavy atom. The van der Waals surface area contributed by atoms with Gasteiger partial charge in [0.05, 0.1) is 24.7 Å². The smallest absolute Gasteiger partial charge is 0.247 e. The van der Waals surface area contributed by atoms with Crippen molar-refractivity contribution in [2.45, 2.75) is 0 Å². The minimum atomic E-state index is 0.505. The number of benzene rings is 3. The molecule has 0 saturated carbocycles. The lowest BCUT2D eigenvalue weighted by molar-refractivity contribution is 0.414. The van der Waals surface area contributed by atoms with Crippen LogP contribution in [0.4, 0.5) is 5.95 Å². The Morgan fingerprint density at radius 2 is 1.45 bits per heavy atom. The first-order valence-electron chi connectivity index (χ1n) is 9.75. The molecule has 0 unspecified atom stereocenters. The molecule has 0 aliphatic carbocycles. The maximum atomic E-state index is 5.40. The number of ether oxygens (including phenoxy) is 1. The number of rotatable bonds is 6. The van der Waals surface area contributed by atoms with Crippen LogP contribution in [0.1, 0.15) is 5.56 Å². The van der Waals surface area contributed by atoms with Gasteiger partial charge in [-0.15, -0.1) is 0 Å². The fraction of sp³-hybridized carbons (Fsp3) is 0.0800. The summed E-state index contributed by atoms with van der Waals surface area (Å²) < 4.78 is 6.42. The van der Waals surface area contributed by atoms with E-state index < -0.39 is 0 Å². The second-order valence-corrected chi connectivity index (χ2v) is 7.74. The van der Waals surface area contributed by atoms with Gasteiger partial charge in [0, 0.05) is 28.2 Å². The summed E-state index contributed by atoms with van der Waals surface area (Å²) in [6.07, 6.45) is 1.75. The van der Waals surface area contributed by atoms with Crippen LogP contribution in [0.25, 0.3) is 22.5 Å². The van der Waals surface area contributed by atoms with Gasteiger partial charge in [0.1, 0.15) is 5.75 Å². The molecule has 31 heavy (non-hydrogen) atoms. The van der Waals surface area contributed by atoms with Crippen LogP contribution in [0.2, 0.25) is 0 Å². The summed E-state index contributed by atoms with van der Waals surface area (Å²) in [6.45, 7) is 0. The summed E-state index contributed by atoms with van der Waals surface area (Å²) in [7, 11) is 3.48. The zero-order valence-corrected chi connectivity index (χ0v) is 18.8. The summed E-state index contributed by atoms with van der Waals surface area (Å²) in [4.78, 5) is 9.53. The van der Waals surface area contributed by atoms with Crippen molar-refractivity contribution in [1.82, 2.24) is 9.97 Å². The third-order valence-corrected chi connectivity index (χ3v) is 5.25. The highest BCUT2D eigenvalue weighted by Gasteiger charge is 2.11. The molecule has 0 fully saturated rings. The molecule has 0 atom stereocenters. The number of hydrogen-bond acceptors (Lipinski definition) is 5. The minimum absolute atomic E-state index is 0.505. The molecule has 0 radical (unpaired) electrons.